The van der Waals surface area contributed by atoms with Gasteiger partial charge in [-0.3, -0.25) is 0 Å². The number of hydrogen-bond acceptors (Lipinski definition) is 4. The Labute approximate surface area is 105 Å². The Kier molecular flexibility index (Phi) is 2.99. The second-order valence-electron chi connectivity index (χ2n) is 4.71. The third kappa shape index (κ3) is 2.15. The number of nitrogens with two attached hydrogens (primary N) is 1. The molecule has 1 aromatic heterocycles. The maximum Gasteiger partial charge on any atom is 0.0813 e. The molecule has 1 aliphatic rings. The summed E-state index contributed by atoms with van der Waals surface area (Å²) in [5.74, 6) is 0.632. The number of thiazole rings is 1. The molecule has 90 valence electrons. The van der Waals surface area contributed by atoms with Gasteiger partial charge in [0.2, 0.25) is 0 Å². The van der Waals surface area contributed by atoms with Gasteiger partial charge in [-0.15, -0.1) is 11.3 Å². The molecule has 1 heterocycles. The van der Waals surface area contributed by atoms with E-state index in [1.54, 1.807) is 11.3 Å². The van der Waals surface area contributed by atoms with E-state index in [1.165, 1.54) is 29.6 Å². The van der Waals surface area contributed by atoms with E-state index in [2.05, 4.69) is 28.5 Å². The molecule has 0 aliphatic heterocycles. The number of rotatable bonds is 3. The fourth-order valence-electron chi connectivity index (χ4n) is 2.67. The zero-order chi connectivity index (χ0) is 11.7. The summed E-state index contributed by atoms with van der Waals surface area (Å²) in [5.41, 5.74) is 9.99. The molecule has 0 radical (unpaired) electrons. The first-order valence-electron chi connectivity index (χ1n) is 6.16. The zero-order valence-corrected chi connectivity index (χ0v) is 10.5. The van der Waals surface area contributed by atoms with Crippen molar-refractivity contribution in [1.82, 2.24) is 4.98 Å². The van der Waals surface area contributed by atoms with Crippen molar-refractivity contribution in [1.29, 1.82) is 0 Å². The summed E-state index contributed by atoms with van der Waals surface area (Å²) in [7, 11) is 0. The molecule has 1 fully saturated rings. The van der Waals surface area contributed by atoms with Gasteiger partial charge in [0.1, 0.15) is 0 Å². The van der Waals surface area contributed by atoms with Gasteiger partial charge in [0, 0.05) is 11.7 Å². The first kappa shape index (κ1) is 11.0. The molecule has 0 saturated heterocycles. The smallest absolute Gasteiger partial charge is 0.0813 e. The van der Waals surface area contributed by atoms with E-state index in [-0.39, 0.29) is 0 Å². The van der Waals surface area contributed by atoms with Crippen LogP contribution in [0, 0.1) is 5.92 Å². The summed E-state index contributed by atoms with van der Waals surface area (Å²) in [6.45, 7) is 0.792. The Morgan fingerprint density at radius 1 is 1.41 bits per heavy atom. The fourth-order valence-corrected chi connectivity index (χ4v) is 3.38. The molecule has 2 atom stereocenters. The molecule has 4 heteroatoms. The monoisotopic (exact) mass is 247 g/mol. The zero-order valence-electron chi connectivity index (χ0n) is 9.73. The van der Waals surface area contributed by atoms with Crippen molar-refractivity contribution < 1.29 is 0 Å². The lowest BCUT2D eigenvalue weighted by Crippen LogP contribution is -2.29. The minimum absolute atomic E-state index is 0.547. The predicted molar refractivity (Wildman–Crippen MR) is 73.4 cm³/mol. The van der Waals surface area contributed by atoms with Crippen molar-refractivity contribution in [3.63, 3.8) is 0 Å². The standard InChI is InChI=1S/C13H17N3S/c14-7-9-2-1-3-11(9)16-10-4-5-12-13(6-10)17-8-15-12/h4-6,8-9,11,16H,1-3,7,14H2. The third-order valence-electron chi connectivity index (χ3n) is 3.65. The minimum Gasteiger partial charge on any atom is -0.382 e. The van der Waals surface area contributed by atoms with Crippen molar-refractivity contribution in [2.75, 3.05) is 11.9 Å². The molecular formula is C13H17N3S. The number of anilines is 1. The molecule has 3 nitrogen and oxygen atoms in total. The lowest BCUT2D eigenvalue weighted by molar-refractivity contribution is 0.517. The number of aromatic nitrogens is 1. The van der Waals surface area contributed by atoms with Gasteiger partial charge >= 0.3 is 0 Å². The Balaban J connectivity index is 1.79. The van der Waals surface area contributed by atoms with Crippen LogP contribution in [-0.2, 0) is 0 Å². The second-order valence-corrected chi connectivity index (χ2v) is 5.60. The molecule has 1 saturated carbocycles. The summed E-state index contributed by atoms with van der Waals surface area (Å²) in [6.07, 6.45) is 3.79. The van der Waals surface area contributed by atoms with Crippen molar-refractivity contribution in [2.24, 2.45) is 11.7 Å². The predicted octanol–water partition coefficient (Wildman–Crippen LogP) is 2.84. The van der Waals surface area contributed by atoms with Crippen LogP contribution in [0.25, 0.3) is 10.2 Å². The first-order chi connectivity index (χ1) is 8.36. The van der Waals surface area contributed by atoms with Gasteiger partial charge in [-0.05, 0) is 43.5 Å². The van der Waals surface area contributed by atoms with Crippen LogP contribution in [0.5, 0.6) is 0 Å². The van der Waals surface area contributed by atoms with Crippen LogP contribution in [0.15, 0.2) is 23.7 Å². The normalized spacial score (nSPS) is 24.3. The number of hydrogen-bond donors (Lipinski definition) is 2. The fraction of sp³-hybridized carbons (Fsp3) is 0.462. The van der Waals surface area contributed by atoms with Crippen LogP contribution in [0.3, 0.4) is 0 Å². The molecule has 3 rings (SSSR count). The van der Waals surface area contributed by atoms with Gasteiger partial charge in [0.25, 0.3) is 0 Å². The van der Waals surface area contributed by atoms with Crippen LogP contribution in [-0.4, -0.2) is 17.6 Å². The van der Waals surface area contributed by atoms with Crippen molar-refractivity contribution in [2.45, 2.75) is 25.3 Å². The maximum absolute atomic E-state index is 5.80. The van der Waals surface area contributed by atoms with E-state index in [4.69, 9.17) is 5.73 Å². The van der Waals surface area contributed by atoms with Crippen LogP contribution in [0.4, 0.5) is 5.69 Å². The number of fused-ring (bicyclic) bond motifs is 1. The van der Waals surface area contributed by atoms with Gasteiger partial charge in [0.15, 0.2) is 0 Å². The number of nitrogens with zero attached hydrogens (tertiary/aromatic N) is 1. The molecule has 17 heavy (non-hydrogen) atoms. The average Bonchev–Trinajstić information content (AvgIpc) is 2.96. The first-order valence-corrected chi connectivity index (χ1v) is 7.04. The molecule has 2 unspecified atom stereocenters. The van der Waals surface area contributed by atoms with Crippen LogP contribution < -0.4 is 11.1 Å². The molecule has 0 bridgehead atoms. The Hall–Kier alpha value is -1.13. The highest BCUT2D eigenvalue weighted by Crippen LogP contribution is 2.29. The van der Waals surface area contributed by atoms with Crippen LogP contribution in [0.2, 0.25) is 0 Å². The van der Waals surface area contributed by atoms with E-state index in [1.807, 2.05) is 5.51 Å². The van der Waals surface area contributed by atoms with Crippen LogP contribution in [0.1, 0.15) is 19.3 Å². The molecule has 1 aliphatic carbocycles. The highest BCUT2D eigenvalue weighted by molar-refractivity contribution is 7.16. The second kappa shape index (κ2) is 4.63. The van der Waals surface area contributed by atoms with Gasteiger partial charge < -0.3 is 11.1 Å². The molecule has 0 spiro atoms. The summed E-state index contributed by atoms with van der Waals surface area (Å²) < 4.78 is 1.25. The van der Waals surface area contributed by atoms with Crippen LogP contribution >= 0.6 is 11.3 Å². The molecule has 3 N–H and O–H groups in total. The number of nitrogens with one attached hydrogen (secondary N) is 1. The highest BCUT2D eigenvalue weighted by Gasteiger charge is 2.25. The van der Waals surface area contributed by atoms with Gasteiger partial charge in [-0.1, -0.05) is 6.42 Å². The maximum atomic E-state index is 5.80. The topological polar surface area (TPSA) is 50.9 Å². The molecular weight excluding hydrogens is 230 g/mol. The highest BCUT2D eigenvalue weighted by atomic mass is 32.1. The summed E-state index contributed by atoms with van der Waals surface area (Å²) in [4.78, 5) is 4.29. The van der Waals surface area contributed by atoms with E-state index in [9.17, 15) is 0 Å². The molecule has 1 aromatic carbocycles. The van der Waals surface area contributed by atoms with Gasteiger partial charge in [0.05, 0.1) is 15.7 Å². The summed E-state index contributed by atoms with van der Waals surface area (Å²) in [6, 6.07) is 6.94. The van der Waals surface area contributed by atoms with Crippen molar-refractivity contribution in [3.05, 3.63) is 23.7 Å². The minimum atomic E-state index is 0.547. The van der Waals surface area contributed by atoms with Crippen molar-refractivity contribution >= 4 is 27.2 Å². The quantitative estimate of drug-likeness (QED) is 0.877. The van der Waals surface area contributed by atoms with E-state index in [0.717, 1.165) is 12.1 Å². The summed E-state index contributed by atoms with van der Waals surface area (Å²) >= 11 is 1.69. The SMILES string of the molecule is NCC1CCCC1Nc1ccc2ncsc2c1. The van der Waals surface area contributed by atoms with E-state index in [0.29, 0.717) is 12.0 Å². The van der Waals surface area contributed by atoms with E-state index < -0.39 is 0 Å². The number of benzene rings is 1. The lowest BCUT2D eigenvalue weighted by Gasteiger charge is -2.20. The Morgan fingerprint density at radius 2 is 2.35 bits per heavy atom. The lowest BCUT2D eigenvalue weighted by atomic mass is 10.0. The molecule has 0 amide bonds. The van der Waals surface area contributed by atoms with E-state index >= 15 is 0 Å². The average molecular weight is 247 g/mol. The Bertz CT molecular complexity index is 508. The third-order valence-corrected chi connectivity index (χ3v) is 4.44. The Morgan fingerprint density at radius 3 is 3.24 bits per heavy atom. The van der Waals surface area contributed by atoms with Gasteiger partial charge in [-0.2, -0.15) is 0 Å². The largest absolute Gasteiger partial charge is 0.382 e. The molecule has 2 aromatic rings. The van der Waals surface area contributed by atoms with Gasteiger partial charge in [-0.25, -0.2) is 4.98 Å². The van der Waals surface area contributed by atoms with Crippen molar-refractivity contribution in [3.8, 4) is 0 Å². The summed E-state index contributed by atoms with van der Waals surface area (Å²) in [5, 5.41) is 3.62.